The number of hydrazine groups is 1. The summed E-state index contributed by atoms with van der Waals surface area (Å²) in [5, 5.41) is 26.4. The maximum absolute atomic E-state index is 13.2. The topological polar surface area (TPSA) is 153 Å². The van der Waals surface area contributed by atoms with Crippen molar-refractivity contribution in [3.05, 3.63) is 68.5 Å². The van der Waals surface area contributed by atoms with Gasteiger partial charge < -0.3 is 10.4 Å². The van der Waals surface area contributed by atoms with E-state index in [9.17, 15) is 19.6 Å². The normalized spacial score (nSPS) is 10.6. The van der Waals surface area contributed by atoms with Gasteiger partial charge in [-0.1, -0.05) is 11.6 Å². The van der Waals surface area contributed by atoms with Crippen LogP contribution >= 0.6 is 27.5 Å². The lowest BCUT2D eigenvalue weighted by molar-refractivity contribution is 0.0909. The number of carboxylic acid groups (broad SMARTS) is 1. The van der Waals surface area contributed by atoms with Crippen LogP contribution < -0.4 is 10.7 Å². The van der Waals surface area contributed by atoms with E-state index < -0.39 is 17.8 Å². The second kappa shape index (κ2) is 10.4. The lowest BCUT2D eigenvalue weighted by atomic mass is 10.00. The maximum Gasteiger partial charge on any atom is 0.419 e. The van der Waals surface area contributed by atoms with E-state index in [-0.39, 0.29) is 39.9 Å². The van der Waals surface area contributed by atoms with Crippen molar-refractivity contribution >= 4 is 51.0 Å². The fourth-order valence-corrected chi connectivity index (χ4v) is 3.70. The van der Waals surface area contributed by atoms with Crippen LogP contribution in [0, 0.1) is 18.3 Å². The lowest BCUT2D eigenvalue weighted by Crippen LogP contribution is -2.41. The average Bonchev–Trinajstić information content (AvgIpc) is 3.15. The van der Waals surface area contributed by atoms with Crippen molar-refractivity contribution in [2.75, 3.05) is 18.9 Å². The molecule has 2 amide bonds. The SMILES string of the molecule is Cc1cc(C#N)cc(C(=O)CN(C)NC(=O)O)c1NC(=O)c1cc(Br)nn1-c1ncccc1Cl. The minimum atomic E-state index is -1.34. The molecule has 11 nitrogen and oxygen atoms in total. The molecular weight excluding hydrogens is 530 g/mol. The molecule has 0 spiro atoms. The quantitative estimate of drug-likeness (QED) is 0.301. The summed E-state index contributed by atoms with van der Waals surface area (Å²) in [6, 6.07) is 9.53. The van der Waals surface area contributed by atoms with E-state index in [1.165, 1.54) is 36.1 Å². The first-order chi connectivity index (χ1) is 16.1. The highest BCUT2D eigenvalue weighted by atomic mass is 79.9. The molecule has 0 unspecified atom stereocenters. The van der Waals surface area contributed by atoms with Gasteiger partial charge in [0.25, 0.3) is 5.91 Å². The highest BCUT2D eigenvalue weighted by Crippen LogP contribution is 2.26. The molecule has 34 heavy (non-hydrogen) atoms. The molecule has 13 heteroatoms. The molecule has 0 aliphatic carbocycles. The fourth-order valence-electron chi connectivity index (χ4n) is 3.13. The van der Waals surface area contributed by atoms with Crippen LogP contribution in [0.3, 0.4) is 0 Å². The number of carbonyl (C=O) groups is 3. The Kier molecular flexibility index (Phi) is 7.62. The van der Waals surface area contributed by atoms with Crippen LogP contribution in [0.1, 0.15) is 32.0 Å². The Hall–Kier alpha value is -3.79. The number of amides is 2. The minimum Gasteiger partial charge on any atom is -0.464 e. The van der Waals surface area contributed by atoms with Crippen molar-refractivity contribution in [1.82, 2.24) is 25.2 Å². The molecule has 0 atom stereocenters. The molecule has 0 saturated heterocycles. The summed E-state index contributed by atoms with van der Waals surface area (Å²) >= 11 is 9.46. The van der Waals surface area contributed by atoms with Crippen LogP contribution in [0.25, 0.3) is 5.82 Å². The number of hydrogen-bond donors (Lipinski definition) is 3. The fraction of sp³-hybridized carbons (Fsp3) is 0.143. The zero-order chi connectivity index (χ0) is 25.0. The summed E-state index contributed by atoms with van der Waals surface area (Å²) in [5.41, 5.74) is 3.02. The number of carbonyl (C=O) groups excluding carboxylic acids is 2. The van der Waals surface area contributed by atoms with Gasteiger partial charge in [-0.3, -0.25) is 15.0 Å². The van der Waals surface area contributed by atoms with Gasteiger partial charge in [0.1, 0.15) is 10.3 Å². The van der Waals surface area contributed by atoms with Crippen LogP contribution in [-0.4, -0.2) is 56.3 Å². The number of aryl methyl sites for hydroxylation is 1. The number of aromatic nitrogens is 3. The van der Waals surface area contributed by atoms with E-state index in [1.54, 1.807) is 19.1 Å². The number of nitrogens with one attached hydrogen (secondary N) is 2. The molecule has 2 heterocycles. The average molecular weight is 547 g/mol. The van der Waals surface area contributed by atoms with Gasteiger partial charge in [0.05, 0.1) is 28.9 Å². The molecule has 3 rings (SSSR count). The Bertz CT molecular complexity index is 1340. The van der Waals surface area contributed by atoms with Crippen molar-refractivity contribution in [1.29, 1.82) is 5.26 Å². The van der Waals surface area contributed by atoms with Gasteiger partial charge in [-0.15, -0.1) is 0 Å². The third-order valence-corrected chi connectivity index (χ3v) is 5.21. The summed E-state index contributed by atoms with van der Waals surface area (Å²) in [4.78, 5) is 41.2. The number of hydrogen-bond acceptors (Lipinski definition) is 7. The molecular formula is C21H17BrClN7O4. The number of likely N-dealkylation sites (N-methyl/N-ethyl adjacent to an activating group) is 1. The third-order valence-electron chi connectivity index (χ3n) is 4.52. The number of nitrogens with zero attached hydrogens (tertiary/aromatic N) is 5. The molecule has 3 N–H and O–H groups in total. The second-order valence-corrected chi connectivity index (χ2v) is 8.27. The van der Waals surface area contributed by atoms with Crippen LogP contribution in [0.5, 0.6) is 0 Å². The smallest absolute Gasteiger partial charge is 0.419 e. The summed E-state index contributed by atoms with van der Waals surface area (Å²) in [7, 11) is 1.37. The largest absolute Gasteiger partial charge is 0.464 e. The first-order valence-corrected chi connectivity index (χ1v) is 10.7. The van der Waals surface area contributed by atoms with Gasteiger partial charge in [0.15, 0.2) is 11.6 Å². The first-order valence-electron chi connectivity index (χ1n) is 9.57. The first kappa shape index (κ1) is 24.8. The number of pyridine rings is 1. The van der Waals surface area contributed by atoms with E-state index in [4.69, 9.17) is 16.7 Å². The van der Waals surface area contributed by atoms with Gasteiger partial charge in [-0.25, -0.2) is 19.5 Å². The molecule has 0 saturated carbocycles. The van der Waals surface area contributed by atoms with E-state index >= 15 is 0 Å². The van der Waals surface area contributed by atoms with Crippen molar-refractivity contribution in [2.45, 2.75) is 6.92 Å². The number of nitriles is 1. The number of rotatable bonds is 7. The molecule has 1 aromatic carbocycles. The Morgan fingerprint density at radius 2 is 2.06 bits per heavy atom. The Labute approximate surface area is 207 Å². The summed E-state index contributed by atoms with van der Waals surface area (Å²) in [5.74, 6) is -0.901. The summed E-state index contributed by atoms with van der Waals surface area (Å²) in [6.45, 7) is 1.30. The Morgan fingerprint density at radius 3 is 2.71 bits per heavy atom. The second-order valence-electron chi connectivity index (χ2n) is 7.05. The molecule has 174 valence electrons. The number of ketones is 1. The zero-order valence-electron chi connectivity index (χ0n) is 17.8. The van der Waals surface area contributed by atoms with Crippen LogP contribution in [0.15, 0.2) is 41.1 Å². The molecule has 0 bridgehead atoms. The number of Topliss-reactive ketones (excluding diaryl/α,β-unsaturated/α-hetero) is 1. The standard InChI is InChI=1S/C21H17BrClN7O4/c1-11-6-12(9-24)7-13(16(31)10-29(2)28-21(33)34)18(11)26-20(32)15-8-17(22)27-30(15)19-14(23)4-3-5-25-19/h3-8,28H,10H2,1-2H3,(H,26,32)(H,33,34). The van der Waals surface area contributed by atoms with Gasteiger partial charge in [-0.05, 0) is 52.7 Å². The number of anilines is 1. The lowest BCUT2D eigenvalue weighted by Gasteiger charge is -2.18. The van der Waals surface area contributed by atoms with E-state index in [0.29, 0.717) is 10.2 Å². The predicted octanol–water partition coefficient (Wildman–Crippen LogP) is 3.41. The molecule has 0 aliphatic heterocycles. The van der Waals surface area contributed by atoms with Gasteiger partial charge >= 0.3 is 6.09 Å². The molecule has 0 radical (unpaired) electrons. The van der Waals surface area contributed by atoms with E-state index in [2.05, 4.69) is 31.3 Å². The number of halogens is 2. The monoisotopic (exact) mass is 545 g/mol. The highest BCUT2D eigenvalue weighted by Gasteiger charge is 2.23. The van der Waals surface area contributed by atoms with Crippen molar-refractivity contribution in [3.8, 4) is 11.9 Å². The summed E-state index contributed by atoms with van der Waals surface area (Å²) in [6.07, 6.45) is 0.166. The van der Waals surface area contributed by atoms with Crippen LogP contribution in [0.2, 0.25) is 5.02 Å². The predicted molar refractivity (Wildman–Crippen MR) is 126 cm³/mol. The molecule has 0 fully saturated rings. The Balaban J connectivity index is 2.00. The van der Waals surface area contributed by atoms with Crippen molar-refractivity contribution in [3.63, 3.8) is 0 Å². The van der Waals surface area contributed by atoms with E-state index in [0.717, 1.165) is 5.01 Å². The van der Waals surface area contributed by atoms with Crippen molar-refractivity contribution in [2.24, 2.45) is 0 Å². The van der Waals surface area contributed by atoms with Crippen molar-refractivity contribution < 1.29 is 19.5 Å². The van der Waals surface area contributed by atoms with Gasteiger partial charge in [0, 0.05) is 24.9 Å². The molecule has 0 aliphatic rings. The van der Waals surface area contributed by atoms with Crippen LogP contribution in [0.4, 0.5) is 10.5 Å². The highest BCUT2D eigenvalue weighted by molar-refractivity contribution is 9.10. The third kappa shape index (κ3) is 5.57. The number of benzene rings is 1. The van der Waals surface area contributed by atoms with E-state index in [1.807, 2.05) is 11.5 Å². The Morgan fingerprint density at radius 1 is 1.32 bits per heavy atom. The zero-order valence-corrected chi connectivity index (χ0v) is 20.2. The van der Waals surface area contributed by atoms with Gasteiger partial charge in [0.2, 0.25) is 0 Å². The molecule has 3 aromatic rings. The van der Waals surface area contributed by atoms with Gasteiger partial charge in [-0.2, -0.15) is 10.4 Å². The summed E-state index contributed by atoms with van der Waals surface area (Å²) < 4.78 is 1.61. The maximum atomic E-state index is 13.2. The van der Waals surface area contributed by atoms with Crippen LogP contribution in [-0.2, 0) is 0 Å². The molecule has 2 aromatic heterocycles. The minimum absolute atomic E-state index is 0.0462.